The molecule has 1 aromatic rings. The van der Waals surface area contributed by atoms with Crippen molar-refractivity contribution < 1.29 is 13.2 Å². The first-order chi connectivity index (χ1) is 7.69. The third-order valence-corrected chi connectivity index (χ3v) is 2.31. The molecule has 0 aliphatic rings. The molecule has 1 heterocycles. The molecule has 17 heavy (non-hydrogen) atoms. The highest BCUT2D eigenvalue weighted by Gasteiger charge is 2.18. The maximum absolute atomic E-state index is 11.4. The molecule has 0 aliphatic heterocycles. The molecule has 10 heteroatoms. The smallest absolute Gasteiger partial charge is 0.265 e. The molecule has 0 fully saturated rings. The van der Waals surface area contributed by atoms with Crippen molar-refractivity contribution in [1.29, 1.82) is 0 Å². The van der Waals surface area contributed by atoms with Crippen LogP contribution in [-0.4, -0.2) is 36.4 Å². The van der Waals surface area contributed by atoms with Crippen molar-refractivity contribution in [2.24, 2.45) is 0 Å². The van der Waals surface area contributed by atoms with E-state index < -0.39 is 15.3 Å². The topological polar surface area (TPSA) is 105 Å². The fourth-order valence-electron chi connectivity index (χ4n) is 1.01. The third-order valence-electron chi connectivity index (χ3n) is 1.66. The number of nitrogens with zero attached hydrogens (tertiary/aromatic N) is 4. The molecule has 94 valence electrons. The molecular weight excluding hydrogens is 270 g/mol. The van der Waals surface area contributed by atoms with Crippen LogP contribution in [0.25, 0.3) is 0 Å². The molecular formula is C7H10ClN5O3S. The second kappa shape index (κ2) is 4.80. The lowest BCUT2D eigenvalue weighted by molar-refractivity contribution is 0.252. The van der Waals surface area contributed by atoms with E-state index in [2.05, 4.69) is 15.0 Å². The summed E-state index contributed by atoms with van der Waals surface area (Å²) >= 11 is 0. The highest BCUT2D eigenvalue weighted by Crippen LogP contribution is 2.06. The molecule has 1 N–H and O–H groups in total. The lowest BCUT2D eigenvalue weighted by atomic mass is 10.6. The molecule has 0 bridgehead atoms. The quantitative estimate of drug-likeness (QED) is 0.771. The van der Waals surface area contributed by atoms with Gasteiger partial charge in [-0.1, -0.05) is 0 Å². The summed E-state index contributed by atoms with van der Waals surface area (Å²) in [6, 6.07) is -0.954. The van der Waals surface area contributed by atoms with E-state index in [1.807, 2.05) is 0 Å². The number of hydrogen-bond acceptors (Lipinski definition) is 6. The van der Waals surface area contributed by atoms with E-state index in [9.17, 15) is 13.2 Å². The van der Waals surface area contributed by atoms with E-state index in [-0.39, 0.29) is 5.95 Å². The number of anilines is 1. The molecule has 8 nitrogen and oxygen atoms in total. The van der Waals surface area contributed by atoms with Crippen molar-refractivity contribution in [2.75, 3.05) is 11.9 Å². The Labute approximate surface area is 103 Å². The lowest BCUT2D eigenvalue weighted by Gasteiger charge is -2.14. The van der Waals surface area contributed by atoms with E-state index in [0.29, 0.717) is 11.6 Å². The average molecular weight is 280 g/mol. The van der Waals surface area contributed by atoms with Gasteiger partial charge in [0.1, 0.15) is 11.6 Å². The molecule has 1 rings (SSSR count). The molecule has 0 saturated heterocycles. The average Bonchev–Trinajstić information content (AvgIpc) is 2.12. The van der Waals surface area contributed by atoms with Gasteiger partial charge in [-0.3, -0.25) is 4.90 Å². The van der Waals surface area contributed by atoms with Gasteiger partial charge in [-0.15, -0.1) is 0 Å². The number of nitrogens with one attached hydrogen (secondary N) is 1. The van der Waals surface area contributed by atoms with Gasteiger partial charge >= 0.3 is 15.3 Å². The van der Waals surface area contributed by atoms with E-state index in [4.69, 9.17) is 10.7 Å². The fourth-order valence-corrected chi connectivity index (χ4v) is 1.56. The lowest BCUT2D eigenvalue weighted by Crippen LogP contribution is -2.39. The van der Waals surface area contributed by atoms with Crippen LogP contribution in [-0.2, 0) is 9.24 Å². The first-order valence-corrected chi connectivity index (χ1v) is 6.69. The summed E-state index contributed by atoms with van der Waals surface area (Å²) in [5, 5.41) is 0. The van der Waals surface area contributed by atoms with Crippen molar-refractivity contribution in [2.45, 2.75) is 13.8 Å². The minimum Gasteiger partial charge on any atom is -0.265 e. The summed E-state index contributed by atoms with van der Waals surface area (Å²) in [7, 11) is 2.06. The van der Waals surface area contributed by atoms with Gasteiger partial charge < -0.3 is 0 Å². The van der Waals surface area contributed by atoms with E-state index in [0.717, 1.165) is 4.90 Å². The molecule has 0 unspecified atom stereocenters. The van der Waals surface area contributed by atoms with Crippen LogP contribution in [0, 0.1) is 13.8 Å². The summed E-state index contributed by atoms with van der Waals surface area (Å²) in [5.41, 5.74) is 0. The maximum atomic E-state index is 11.4. The standard InChI is InChI=1S/C7H10ClN5O3S/c1-4-9-5(2)11-6(10-4)13(3)7(14)12-17(8,15)16/h1-3H3,(H,12,14). The third kappa shape index (κ3) is 4.11. The van der Waals surface area contributed by atoms with Gasteiger partial charge in [0.2, 0.25) is 5.95 Å². The number of aryl methyl sites for hydroxylation is 2. The van der Waals surface area contributed by atoms with Gasteiger partial charge in [0, 0.05) is 17.7 Å². The second-order valence-corrected chi connectivity index (χ2v) is 5.43. The Bertz CT molecular complexity index is 526. The van der Waals surface area contributed by atoms with Crippen LogP contribution in [0.2, 0.25) is 0 Å². The Balaban J connectivity index is 2.96. The summed E-state index contributed by atoms with van der Waals surface area (Å²) in [6.07, 6.45) is 0. The first-order valence-electron chi connectivity index (χ1n) is 4.38. The fraction of sp³-hybridized carbons (Fsp3) is 0.429. The van der Waals surface area contributed by atoms with Gasteiger partial charge in [-0.25, -0.2) is 14.5 Å². The zero-order valence-corrected chi connectivity index (χ0v) is 10.9. The van der Waals surface area contributed by atoms with Crippen LogP contribution < -0.4 is 9.62 Å². The van der Waals surface area contributed by atoms with Gasteiger partial charge in [-0.2, -0.15) is 18.4 Å². The number of carbonyl (C=O) groups excluding carboxylic acids is 1. The minimum absolute atomic E-state index is 0.0350. The predicted molar refractivity (Wildman–Crippen MR) is 61.0 cm³/mol. The zero-order valence-electron chi connectivity index (χ0n) is 9.30. The number of rotatable bonds is 2. The van der Waals surface area contributed by atoms with Crippen LogP contribution in [0.1, 0.15) is 11.6 Å². The maximum Gasteiger partial charge on any atom is 0.338 e. The number of aromatic nitrogens is 3. The van der Waals surface area contributed by atoms with E-state index in [1.165, 1.54) is 7.05 Å². The van der Waals surface area contributed by atoms with Gasteiger partial charge in [0.15, 0.2) is 0 Å². The highest BCUT2D eigenvalue weighted by molar-refractivity contribution is 8.12. The number of urea groups is 1. The van der Waals surface area contributed by atoms with Crippen LogP contribution in [0.15, 0.2) is 0 Å². The van der Waals surface area contributed by atoms with Gasteiger partial charge in [-0.05, 0) is 13.8 Å². The van der Waals surface area contributed by atoms with Crippen molar-refractivity contribution in [3.05, 3.63) is 11.6 Å². The normalized spacial score (nSPS) is 11.1. The Hall–Kier alpha value is -1.48. The summed E-state index contributed by atoms with van der Waals surface area (Å²) in [4.78, 5) is 24.1. The monoisotopic (exact) mass is 279 g/mol. The Kier molecular flexibility index (Phi) is 3.83. The SMILES string of the molecule is Cc1nc(C)nc(N(C)C(=O)NS(=O)(=O)Cl)n1. The van der Waals surface area contributed by atoms with Crippen LogP contribution in [0.3, 0.4) is 0 Å². The molecule has 0 saturated carbocycles. The van der Waals surface area contributed by atoms with Gasteiger partial charge in [0.05, 0.1) is 0 Å². The number of hydrogen-bond donors (Lipinski definition) is 1. The minimum atomic E-state index is -4.14. The molecule has 0 atom stereocenters. The highest BCUT2D eigenvalue weighted by atomic mass is 35.7. The Morgan fingerprint density at radius 3 is 2.12 bits per heavy atom. The summed E-state index contributed by atoms with van der Waals surface area (Å²) in [6.45, 7) is 3.25. The molecule has 0 aliphatic carbocycles. The van der Waals surface area contributed by atoms with Crippen LogP contribution in [0.4, 0.5) is 10.7 Å². The molecule has 0 spiro atoms. The summed E-state index contributed by atoms with van der Waals surface area (Å²) in [5.74, 6) is 0.870. The van der Waals surface area contributed by atoms with Crippen molar-refractivity contribution >= 4 is 31.9 Å². The second-order valence-electron chi connectivity index (χ2n) is 3.13. The molecule has 1 aromatic heterocycles. The predicted octanol–water partition coefficient (Wildman–Crippen LogP) is 0.118. The van der Waals surface area contributed by atoms with E-state index in [1.54, 1.807) is 18.6 Å². The van der Waals surface area contributed by atoms with Crippen molar-refractivity contribution in [3.63, 3.8) is 0 Å². The largest absolute Gasteiger partial charge is 0.338 e. The van der Waals surface area contributed by atoms with Crippen LogP contribution >= 0.6 is 10.7 Å². The molecule has 0 radical (unpaired) electrons. The van der Waals surface area contributed by atoms with Crippen molar-refractivity contribution in [3.8, 4) is 0 Å². The van der Waals surface area contributed by atoms with Crippen molar-refractivity contribution in [1.82, 2.24) is 19.7 Å². The molecule has 0 aromatic carbocycles. The first kappa shape index (κ1) is 13.6. The van der Waals surface area contributed by atoms with Gasteiger partial charge in [0.25, 0.3) is 0 Å². The summed E-state index contributed by atoms with van der Waals surface area (Å²) < 4.78 is 22.9. The van der Waals surface area contributed by atoms with E-state index >= 15 is 0 Å². The number of amides is 2. The number of carbonyl (C=O) groups is 1. The molecule has 2 amide bonds. The zero-order chi connectivity index (χ0) is 13.2. The Morgan fingerprint density at radius 2 is 1.71 bits per heavy atom. The number of halogens is 1. The Morgan fingerprint density at radius 1 is 1.24 bits per heavy atom. The van der Waals surface area contributed by atoms with Crippen LogP contribution in [0.5, 0.6) is 0 Å².